The van der Waals surface area contributed by atoms with Gasteiger partial charge in [0, 0.05) is 25.8 Å². The van der Waals surface area contributed by atoms with Crippen LogP contribution >= 0.6 is 0 Å². The summed E-state index contributed by atoms with van der Waals surface area (Å²) in [6, 6.07) is 8.87. The molecule has 82 valence electrons. The Morgan fingerprint density at radius 1 is 1.20 bits per heavy atom. The van der Waals surface area contributed by atoms with Crippen molar-refractivity contribution in [3.8, 4) is 0 Å². The highest BCUT2D eigenvalue weighted by molar-refractivity contribution is 5.46. The average molecular weight is 206 g/mol. The Balaban J connectivity index is 2.10. The molecule has 2 rings (SSSR count). The van der Waals surface area contributed by atoms with E-state index in [0.717, 1.165) is 6.42 Å². The van der Waals surface area contributed by atoms with Gasteiger partial charge in [-0.1, -0.05) is 12.1 Å². The van der Waals surface area contributed by atoms with Crippen molar-refractivity contribution < 1.29 is 0 Å². The first-order chi connectivity index (χ1) is 7.16. The number of nitrogens with zero attached hydrogens (tertiary/aromatic N) is 1. The maximum Gasteiger partial charge on any atom is 0.0698 e. The van der Waals surface area contributed by atoms with Crippen molar-refractivity contribution in [2.45, 2.75) is 18.6 Å². The van der Waals surface area contributed by atoms with Crippen LogP contribution in [-0.2, 0) is 0 Å². The predicted octanol–water partition coefficient (Wildman–Crippen LogP) is 0.576. The number of anilines is 1. The fourth-order valence-corrected chi connectivity index (χ4v) is 1.80. The van der Waals surface area contributed by atoms with Crippen molar-refractivity contribution in [1.82, 2.24) is 10.9 Å². The van der Waals surface area contributed by atoms with Gasteiger partial charge in [-0.3, -0.25) is 0 Å². The highest BCUT2D eigenvalue weighted by Crippen LogP contribution is 2.22. The average Bonchev–Trinajstić information content (AvgIpc) is 2.65. The standard InChI is InChI=1S/C11H18N4/c1-15(2)9-5-3-8(4-6-9)10-7-11(12)14-13-10/h3-6,10-11,13-14H,7,12H2,1-2H3. The lowest BCUT2D eigenvalue weighted by atomic mass is 10.0. The summed E-state index contributed by atoms with van der Waals surface area (Å²) in [5, 5.41) is 0. The van der Waals surface area contributed by atoms with Crippen molar-refractivity contribution >= 4 is 5.69 Å². The smallest absolute Gasteiger partial charge is 0.0698 e. The summed E-state index contributed by atoms with van der Waals surface area (Å²) in [7, 11) is 4.08. The molecule has 4 heteroatoms. The first-order valence-corrected chi connectivity index (χ1v) is 5.21. The molecule has 4 N–H and O–H groups in total. The van der Waals surface area contributed by atoms with Crippen LogP contribution in [0.5, 0.6) is 0 Å². The SMILES string of the molecule is CN(C)c1ccc(C2CC(N)NN2)cc1. The van der Waals surface area contributed by atoms with Gasteiger partial charge < -0.3 is 10.6 Å². The molecule has 0 saturated carbocycles. The largest absolute Gasteiger partial charge is 0.378 e. The molecule has 1 aliphatic rings. The highest BCUT2D eigenvalue weighted by Gasteiger charge is 2.21. The molecule has 0 radical (unpaired) electrons. The lowest BCUT2D eigenvalue weighted by molar-refractivity contribution is 0.552. The minimum Gasteiger partial charge on any atom is -0.378 e. The van der Waals surface area contributed by atoms with Crippen molar-refractivity contribution in [2.75, 3.05) is 19.0 Å². The normalized spacial score (nSPS) is 25.5. The van der Waals surface area contributed by atoms with Crippen LogP contribution in [0.4, 0.5) is 5.69 Å². The molecule has 1 aromatic carbocycles. The van der Waals surface area contributed by atoms with Crippen LogP contribution in [0.2, 0.25) is 0 Å². The van der Waals surface area contributed by atoms with E-state index in [0.29, 0.717) is 6.04 Å². The van der Waals surface area contributed by atoms with Crippen molar-refractivity contribution in [3.05, 3.63) is 29.8 Å². The number of hydrogen-bond acceptors (Lipinski definition) is 4. The van der Waals surface area contributed by atoms with Gasteiger partial charge in [0.05, 0.1) is 6.17 Å². The summed E-state index contributed by atoms with van der Waals surface area (Å²) in [6.07, 6.45) is 0.991. The van der Waals surface area contributed by atoms with Crippen LogP contribution in [0.15, 0.2) is 24.3 Å². The molecule has 1 saturated heterocycles. The van der Waals surface area contributed by atoms with E-state index in [2.05, 4.69) is 40.0 Å². The molecule has 2 unspecified atom stereocenters. The van der Waals surface area contributed by atoms with Crippen LogP contribution in [0, 0.1) is 0 Å². The Kier molecular flexibility index (Phi) is 2.90. The van der Waals surface area contributed by atoms with Gasteiger partial charge in [-0.05, 0) is 24.1 Å². The second-order valence-electron chi connectivity index (χ2n) is 4.17. The molecule has 0 bridgehead atoms. The van der Waals surface area contributed by atoms with Crippen LogP contribution in [0.3, 0.4) is 0 Å². The Hall–Kier alpha value is -1.10. The first kappa shape index (κ1) is 10.4. The van der Waals surface area contributed by atoms with E-state index in [9.17, 15) is 0 Å². The number of hydrazine groups is 1. The van der Waals surface area contributed by atoms with E-state index in [1.165, 1.54) is 11.3 Å². The van der Waals surface area contributed by atoms with Gasteiger partial charge in [0.15, 0.2) is 0 Å². The highest BCUT2D eigenvalue weighted by atomic mass is 15.4. The van der Waals surface area contributed by atoms with Gasteiger partial charge in [-0.2, -0.15) is 0 Å². The summed E-state index contributed by atoms with van der Waals surface area (Å²) >= 11 is 0. The summed E-state index contributed by atoms with van der Waals surface area (Å²) in [6.45, 7) is 0. The van der Waals surface area contributed by atoms with Gasteiger partial charge in [0.1, 0.15) is 0 Å². The molecule has 1 heterocycles. The number of hydrogen-bond donors (Lipinski definition) is 3. The molecule has 1 fully saturated rings. The van der Waals surface area contributed by atoms with Crippen LogP contribution in [-0.4, -0.2) is 20.3 Å². The fraction of sp³-hybridized carbons (Fsp3) is 0.455. The molecular formula is C11H18N4. The molecular weight excluding hydrogens is 188 g/mol. The molecule has 4 nitrogen and oxygen atoms in total. The third kappa shape index (κ3) is 2.28. The van der Waals surface area contributed by atoms with E-state index in [4.69, 9.17) is 5.73 Å². The third-order valence-corrected chi connectivity index (χ3v) is 2.74. The van der Waals surface area contributed by atoms with Gasteiger partial charge in [0.25, 0.3) is 0 Å². The van der Waals surface area contributed by atoms with E-state index >= 15 is 0 Å². The maximum atomic E-state index is 5.76. The first-order valence-electron chi connectivity index (χ1n) is 5.21. The third-order valence-electron chi connectivity index (χ3n) is 2.74. The Morgan fingerprint density at radius 3 is 2.33 bits per heavy atom. The van der Waals surface area contributed by atoms with Gasteiger partial charge in [-0.25, -0.2) is 10.9 Å². The zero-order valence-corrected chi connectivity index (χ0v) is 9.20. The summed E-state index contributed by atoms with van der Waals surface area (Å²) in [4.78, 5) is 2.09. The van der Waals surface area contributed by atoms with Crippen LogP contribution in [0.1, 0.15) is 18.0 Å². The zero-order chi connectivity index (χ0) is 10.8. The molecule has 0 aliphatic carbocycles. The van der Waals surface area contributed by atoms with E-state index in [-0.39, 0.29) is 6.17 Å². The maximum absolute atomic E-state index is 5.76. The van der Waals surface area contributed by atoms with Crippen LogP contribution in [0.25, 0.3) is 0 Å². The summed E-state index contributed by atoms with van der Waals surface area (Å²) in [5.41, 5.74) is 14.5. The van der Waals surface area contributed by atoms with Crippen molar-refractivity contribution in [2.24, 2.45) is 5.73 Å². The Labute approximate surface area is 90.4 Å². The molecule has 15 heavy (non-hydrogen) atoms. The fourth-order valence-electron chi connectivity index (χ4n) is 1.80. The summed E-state index contributed by atoms with van der Waals surface area (Å²) in [5.74, 6) is 0. The van der Waals surface area contributed by atoms with Crippen molar-refractivity contribution in [1.29, 1.82) is 0 Å². The number of nitrogens with two attached hydrogens (primary N) is 1. The zero-order valence-electron chi connectivity index (χ0n) is 9.20. The predicted molar refractivity (Wildman–Crippen MR) is 62.4 cm³/mol. The second kappa shape index (κ2) is 4.18. The molecule has 1 aromatic rings. The molecule has 1 aliphatic heterocycles. The summed E-state index contributed by atoms with van der Waals surface area (Å²) < 4.78 is 0. The molecule has 0 aromatic heterocycles. The van der Waals surface area contributed by atoms with E-state index in [1.807, 2.05) is 14.1 Å². The monoisotopic (exact) mass is 206 g/mol. The lowest BCUT2D eigenvalue weighted by Gasteiger charge is -2.14. The van der Waals surface area contributed by atoms with Gasteiger partial charge in [0.2, 0.25) is 0 Å². The van der Waals surface area contributed by atoms with E-state index < -0.39 is 0 Å². The minimum atomic E-state index is 0.0588. The molecule has 0 spiro atoms. The minimum absolute atomic E-state index is 0.0588. The topological polar surface area (TPSA) is 53.3 Å². The van der Waals surface area contributed by atoms with E-state index in [1.54, 1.807) is 0 Å². The van der Waals surface area contributed by atoms with Gasteiger partial charge >= 0.3 is 0 Å². The van der Waals surface area contributed by atoms with Crippen LogP contribution < -0.4 is 21.5 Å². The number of benzene rings is 1. The number of nitrogens with one attached hydrogen (secondary N) is 2. The second-order valence-corrected chi connectivity index (χ2v) is 4.17. The Morgan fingerprint density at radius 2 is 1.87 bits per heavy atom. The van der Waals surface area contributed by atoms with Crippen molar-refractivity contribution in [3.63, 3.8) is 0 Å². The quantitative estimate of drug-likeness (QED) is 0.662. The Bertz CT molecular complexity index is 320. The number of rotatable bonds is 2. The molecule has 0 amide bonds. The van der Waals surface area contributed by atoms with Gasteiger partial charge in [-0.15, -0.1) is 0 Å². The molecule has 2 atom stereocenters. The lowest BCUT2D eigenvalue weighted by Crippen LogP contribution is -2.36.